The minimum absolute atomic E-state index is 0.0696. The van der Waals surface area contributed by atoms with Gasteiger partial charge in [-0.1, -0.05) is 30.3 Å². The monoisotopic (exact) mass is 396 g/mol. The number of carbonyl (C=O) groups is 1. The molecule has 6 nitrogen and oxygen atoms in total. The molecule has 1 aliphatic heterocycles. The number of nitrogens with zero attached hydrogens (tertiary/aromatic N) is 4. The van der Waals surface area contributed by atoms with E-state index >= 15 is 0 Å². The van der Waals surface area contributed by atoms with Gasteiger partial charge in [0.2, 0.25) is 5.91 Å². The van der Waals surface area contributed by atoms with Crippen LogP contribution in [0.1, 0.15) is 18.9 Å². The van der Waals surface area contributed by atoms with Gasteiger partial charge in [0, 0.05) is 45.2 Å². The Hall–Kier alpha value is -2.51. The summed E-state index contributed by atoms with van der Waals surface area (Å²) in [5.74, 6) is 0.101. The van der Waals surface area contributed by atoms with Crippen molar-refractivity contribution in [3.63, 3.8) is 0 Å². The Bertz CT molecular complexity index is 1010. The van der Waals surface area contributed by atoms with E-state index in [0.717, 1.165) is 31.0 Å². The molecule has 1 atom stereocenters. The topological polar surface area (TPSA) is 58.4 Å². The summed E-state index contributed by atoms with van der Waals surface area (Å²) in [4.78, 5) is 34.6. The molecular formula is C21H24N4O2S. The first kappa shape index (κ1) is 18.8. The zero-order chi connectivity index (χ0) is 19.5. The van der Waals surface area contributed by atoms with Crippen molar-refractivity contribution in [2.45, 2.75) is 32.5 Å². The molecule has 4 rings (SSSR count). The first-order valence-corrected chi connectivity index (χ1v) is 10.5. The zero-order valence-electron chi connectivity index (χ0n) is 16.0. The average Bonchev–Trinajstić information content (AvgIpc) is 3.18. The molecule has 3 heterocycles. The van der Waals surface area contributed by atoms with E-state index < -0.39 is 0 Å². The van der Waals surface area contributed by atoms with Crippen molar-refractivity contribution in [3.8, 4) is 0 Å². The second kappa shape index (κ2) is 8.24. The highest BCUT2D eigenvalue weighted by Crippen LogP contribution is 2.15. The van der Waals surface area contributed by atoms with Gasteiger partial charge in [-0.25, -0.2) is 4.98 Å². The third-order valence-corrected chi connectivity index (χ3v) is 6.12. The number of thiophene rings is 1. The van der Waals surface area contributed by atoms with Crippen LogP contribution < -0.4 is 5.56 Å². The summed E-state index contributed by atoms with van der Waals surface area (Å²) < 4.78 is 1.54. The molecule has 28 heavy (non-hydrogen) atoms. The molecule has 2 aromatic heterocycles. The van der Waals surface area contributed by atoms with Crippen molar-refractivity contribution in [1.82, 2.24) is 19.4 Å². The number of aromatic nitrogens is 2. The lowest BCUT2D eigenvalue weighted by Gasteiger charge is -2.40. The number of hydrogen-bond acceptors (Lipinski definition) is 5. The van der Waals surface area contributed by atoms with Crippen LogP contribution in [0.2, 0.25) is 0 Å². The molecular weight excluding hydrogens is 372 g/mol. The minimum atomic E-state index is -0.0696. The van der Waals surface area contributed by atoms with E-state index in [4.69, 9.17) is 0 Å². The summed E-state index contributed by atoms with van der Waals surface area (Å²) >= 11 is 1.45. The number of benzene rings is 1. The van der Waals surface area contributed by atoms with Gasteiger partial charge in [0.15, 0.2) is 0 Å². The fourth-order valence-corrected chi connectivity index (χ4v) is 4.52. The lowest BCUT2D eigenvalue weighted by atomic mass is 10.1. The Morgan fingerprint density at radius 1 is 1.21 bits per heavy atom. The summed E-state index contributed by atoms with van der Waals surface area (Å²) in [5.41, 5.74) is 1.23. The van der Waals surface area contributed by atoms with Crippen molar-refractivity contribution in [3.05, 3.63) is 64.0 Å². The van der Waals surface area contributed by atoms with Crippen LogP contribution in [0.5, 0.6) is 0 Å². The molecule has 0 radical (unpaired) electrons. The Kier molecular flexibility index (Phi) is 5.54. The van der Waals surface area contributed by atoms with Crippen LogP contribution in [-0.2, 0) is 17.9 Å². The SMILES string of the molecule is CC1CN(Cc2ccccc2)CCN1C(=O)CCn1cnc2sccc2c1=O. The molecule has 0 saturated carbocycles. The number of amides is 1. The highest BCUT2D eigenvalue weighted by molar-refractivity contribution is 7.16. The van der Waals surface area contributed by atoms with Crippen LogP contribution in [-0.4, -0.2) is 50.9 Å². The van der Waals surface area contributed by atoms with Crippen LogP contribution in [0, 0.1) is 0 Å². The van der Waals surface area contributed by atoms with Gasteiger partial charge in [-0.05, 0) is 23.9 Å². The van der Waals surface area contributed by atoms with Crippen molar-refractivity contribution in [2.75, 3.05) is 19.6 Å². The molecule has 146 valence electrons. The second-order valence-electron chi connectivity index (χ2n) is 7.29. The summed E-state index contributed by atoms with van der Waals surface area (Å²) in [6, 6.07) is 12.4. The molecule has 1 amide bonds. The molecule has 7 heteroatoms. The van der Waals surface area contributed by atoms with Crippen molar-refractivity contribution >= 4 is 27.5 Å². The summed E-state index contributed by atoms with van der Waals surface area (Å²) in [7, 11) is 0. The summed E-state index contributed by atoms with van der Waals surface area (Å²) in [5, 5.41) is 2.49. The molecule has 1 saturated heterocycles. The van der Waals surface area contributed by atoms with E-state index in [1.54, 1.807) is 17.0 Å². The largest absolute Gasteiger partial charge is 0.337 e. The Morgan fingerprint density at radius 3 is 2.82 bits per heavy atom. The number of rotatable bonds is 5. The third-order valence-electron chi connectivity index (χ3n) is 5.30. The van der Waals surface area contributed by atoms with E-state index in [1.165, 1.54) is 16.9 Å². The summed E-state index contributed by atoms with van der Waals surface area (Å²) in [6.07, 6.45) is 1.87. The van der Waals surface area contributed by atoms with Crippen LogP contribution in [0.3, 0.4) is 0 Å². The lowest BCUT2D eigenvalue weighted by Crippen LogP contribution is -2.53. The van der Waals surface area contributed by atoms with Crippen molar-refractivity contribution < 1.29 is 4.79 Å². The molecule has 3 aromatic rings. The lowest BCUT2D eigenvalue weighted by molar-refractivity contribution is -0.136. The van der Waals surface area contributed by atoms with Gasteiger partial charge in [-0.15, -0.1) is 11.3 Å². The standard InChI is InChI=1S/C21H24N4O2S/c1-16-13-23(14-17-5-3-2-4-6-17)10-11-25(16)19(26)7-9-24-15-22-20-18(21(24)27)8-12-28-20/h2-6,8,12,15-16H,7,9-11,13-14H2,1H3. The maximum Gasteiger partial charge on any atom is 0.262 e. The molecule has 0 aliphatic carbocycles. The first-order valence-electron chi connectivity index (χ1n) is 9.60. The van der Waals surface area contributed by atoms with Gasteiger partial charge >= 0.3 is 0 Å². The van der Waals surface area contributed by atoms with Crippen LogP contribution in [0.4, 0.5) is 0 Å². The van der Waals surface area contributed by atoms with Crippen molar-refractivity contribution in [1.29, 1.82) is 0 Å². The molecule has 0 N–H and O–H groups in total. The van der Waals surface area contributed by atoms with Crippen LogP contribution in [0.25, 0.3) is 10.2 Å². The molecule has 1 aromatic carbocycles. The quantitative estimate of drug-likeness (QED) is 0.665. The fraction of sp³-hybridized carbons (Fsp3) is 0.381. The minimum Gasteiger partial charge on any atom is -0.337 e. The number of aryl methyl sites for hydroxylation is 1. The van der Waals surface area contributed by atoms with Gasteiger partial charge < -0.3 is 4.90 Å². The third kappa shape index (κ3) is 4.00. The number of carbonyl (C=O) groups excluding carboxylic acids is 1. The predicted molar refractivity (Wildman–Crippen MR) is 111 cm³/mol. The molecule has 1 aliphatic rings. The number of piperazine rings is 1. The second-order valence-corrected chi connectivity index (χ2v) is 8.18. The highest BCUT2D eigenvalue weighted by atomic mass is 32.1. The maximum atomic E-state index is 12.7. The normalized spacial score (nSPS) is 17.9. The van der Waals surface area contributed by atoms with Crippen LogP contribution >= 0.6 is 11.3 Å². The fourth-order valence-electron chi connectivity index (χ4n) is 3.80. The van der Waals surface area contributed by atoms with Crippen molar-refractivity contribution in [2.24, 2.45) is 0 Å². The summed E-state index contributed by atoms with van der Waals surface area (Å²) in [6.45, 7) is 5.84. The maximum absolute atomic E-state index is 12.7. The highest BCUT2D eigenvalue weighted by Gasteiger charge is 2.27. The number of hydrogen-bond donors (Lipinski definition) is 0. The van der Waals surface area contributed by atoms with E-state index in [1.807, 2.05) is 16.3 Å². The predicted octanol–water partition coefficient (Wildman–Crippen LogP) is 2.58. The van der Waals surface area contributed by atoms with Crippen LogP contribution in [0.15, 0.2) is 52.9 Å². The smallest absolute Gasteiger partial charge is 0.262 e. The molecule has 1 unspecified atom stereocenters. The molecule has 1 fully saturated rings. The number of fused-ring (bicyclic) bond motifs is 1. The van der Waals surface area contributed by atoms with Gasteiger partial charge in [-0.2, -0.15) is 0 Å². The van der Waals surface area contributed by atoms with E-state index in [0.29, 0.717) is 18.4 Å². The van der Waals surface area contributed by atoms with E-state index in [2.05, 4.69) is 41.1 Å². The van der Waals surface area contributed by atoms with Gasteiger partial charge in [0.1, 0.15) is 4.83 Å². The van der Waals surface area contributed by atoms with Gasteiger partial charge in [0.05, 0.1) is 11.7 Å². The molecule has 0 bridgehead atoms. The Labute approximate surface area is 168 Å². The average molecular weight is 397 g/mol. The zero-order valence-corrected chi connectivity index (χ0v) is 16.8. The Morgan fingerprint density at radius 2 is 2.04 bits per heavy atom. The van der Waals surface area contributed by atoms with Gasteiger partial charge in [0.25, 0.3) is 5.56 Å². The van der Waals surface area contributed by atoms with Gasteiger partial charge in [-0.3, -0.25) is 19.1 Å². The molecule has 0 spiro atoms. The Balaban J connectivity index is 1.33. The van der Waals surface area contributed by atoms with E-state index in [9.17, 15) is 9.59 Å². The first-order chi connectivity index (χ1) is 13.6. The van der Waals surface area contributed by atoms with E-state index in [-0.39, 0.29) is 17.5 Å².